The first-order valence-electron chi connectivity index (χ1n) is 7.21. The second kappa shape index (κ2) is 7.15. The van der Waals surface area contributed by atoms with Crippen LogP contribution < -0.4 is 5.32 Å². The second-order valence-corrected chi connectivity index (χ2v) is 5.09. The molecule has 0 bridgehead atoms. The quantitative estimate of drug-likeness (QED) is 0.800. The van der Waals surface area contributed by atoms with E-state index < -0.39 is 0 Å². The van der Waals surface area contributed by atoms with Gasteiger partial charge in [-0.3, -0.25) is 0 Å². The fraction of sp³-hybridized carbons (Fsp3) is 0.412. The van der Waals surface area contributed by atoms with Gasteiger partial charge in [-0.05, 0) is 44.4 Å². The summed E-state index contributed by atoms with van der Waals surface area (Å²) in [5.74, 6) is 0. The molecule has 2 rings (SSSR count). The van der Waals surface area contributed by atoms with Gasteiger partial charge in [-0.1, -0.05) is 30.3 Å². The summed E-state index contributed by atoms with van der Waals surface area (Å²) < 4.78 is 2.29. The molecular formula is C17H24N2. The van der Waals surface area contributed by atoms with Crippen LogP contribution in [0.3, 0.4) is 0 Å². The third-order valence-corrected chi connectivity index (χ3v) is 3.60. The van der Waals surface area contributed by atoms with Gasteiger partial charge in [0.25, 0.3) is 0 Å². The first-order valence-corrected chi connectivity index (χ1v) is 7.21. The molecule has 0 aliphatic heterocycles. The van der Waals surface area contributed by atoms with Crippen LogP contribution >= 0.6 is 0 Å². The highest BCUT2D eigenvalue weighted by Crippen LogP contribution is 2.06. The van der Waals surface area contributed by atoms with E-state index in [1.807, 2.05) is 0 Å². The van der Waals surface area contributed by atoms with E-state index in [9.17, 15) is 0 Å². The van der Waals surface area contributed by atoms with Crippen molar-refractivity contribution in [2.24, 2.45) is 0 Å². The predicted octanol–water partition coefficient (Wildman–Crippen LogP) is 3.62. The number of nitrogens with one attached hydrogen (secondary N) is 1. The molecule has 2 aromatic rings. The average molecular weight is 256 g/mol. The van der Waals surface area contributed by atoms with E-state index in [0.29, 0.717) is 6.04 Å². The molecule has 1 aromatic heterocycles. The molecule has 1 N–H and O–H groups in total. The smallest absolute Gasteiger partial charge is 0.0361 e. The Morgan fingerprint density at radius 2 is 1.89 bits per heavy atom. The molecular weight excluding hydrogens is 232 g/mol. The summed E-state index contributed by atoms with van der Waals surface area (Å²) in [5, 5.41) is 3.61. The molecule has 1 aromatic carbocycles. The van der Waals surface area contributed by atoms with E-state index >= 15 is 0 Å². The molecule has 0 amide bonds. The van der Waals surface area contributed by atoms with Crippen LogP contribution in [0.5, 0.6) is 0 Å². The molecule has 0 saturated carbocycles. The lowest BCUT2D eigenvalue weighted by Gasteiger charge is -2.15. The van der Waals surface area contributed by atoms with Crippen LogP contribution in [0.25, 0.3) is 0 Å². The largest absolute Gasteiger partial charge is 0.351 e. The Hall–Kier alpha value is -1.54. The third kappa shape index (κ3) is 4.25. The predicted molar refractivity (Wildman–Crippen MR) is 81.2 cm³/mol. The summed E-state index contributed by atoms with van der Waals surface area (Å²) >= 11 is 0. The number of hydrogen-bond donors (Lipinski definition) is 1. The highest BCUT2D eigenvalue weighted by Gasteiger charge is 2.04. The van der Waals surface area contributed by atoms with Crippen LogP contribution in [0, 0.1) is 0 Å². The Morgan fingerprint density at radius 1 is 1.11 bits per heavy atom. The van der Waals surface area contributed by atoms with Crippen molar-refractivity contribution >= 4 is 0 Å². The zero-order chi connectivity index (χ0) is 13.5. The van der Waals surface area contributed by atoms with Crippen LogP contribution in [0.4, 0.5) is 0 Å². The molecule has 1 heterocycles. The summed E-state index contributed by atoms with van der Waals surface area (Å²) in [6.07, 6.45) is 4.46. The van der Waals surface area contributed by atoms with E-state index in [-0.39, 0.29) is 0 Å². The first kappa shape index (κ1) is 13.9. The molecule has 0 spiro atoms. The van der Waals surface area contributed by atoms with Gasteiger partial charge in [0, 0.05) is 31.0 Å². The van der Waals surface area contributed by atoms with Gasteiger partial charge in [-0.25, -0.2) is 0 Å². The van der Waals surface area contributed by atoms with Crippen molar-refractivity contribution in [3.8, 4) is 0 Å². The highest BCUT2D eigenvalue weighted by molar-refractivity contribution is 5.14. The lowest BCUT2D eigenvalue weighted by Crippen LogP contribution is -2.27. The number of aryl methyl sites for hydroxylation is 2. The minimum atomic E-state index is 0.542. The fourth-order valence-corrected chi connectivity index (χ4v) is 2.33. The number of rotatable bonds is 7. The highest BCUT2D eigenvalue weighted by atomic mass is 15.0. The number of benzene rings is 1. The molecule has 1 atom stereocenters. The van der Waals surface area contributed by atoms with E-state index in [1.165, 1.54) is 17.7 Å². The summed E-state index contributed by atoms with van der Waals surface area (Å²) in [4.78, 5) is 0. The molecule has 0 aliphatic carbocycles. The SMILES string of the molecule is CCn1cccc1CNC(C)CCc1ccccc1. The van der Waals surface area contributed by atoms with Gasteiger partial charge >= 0.3 is 0 Å². The zero-order valence-corrected chi connectivity index (χ0v) is 12.0. The molecule has 0 saturated heterocycles. The van der Waals surface area contributed by atoms with Gasteiger partial charge in [0.2, 0.25) is 0 Å². The average Bonchev–Trinajstić information content (AvgIpc) is 2.91. The third-order valence-electron chi connectivity index (χ3n) is 3.60. The van der Waals surface area contributed by atoms with Crippen molar-refractivity contribution in [2.75, 3.05) is 0 Å². The monoisotopic (exact) mass is 256 g/mol. The molecule has 102 valence electrons. The van der Waals surface area contributed by atoms with Crippen LogP contribution in [0.15, 0.2) is 48.7 Å². The van der Waals surface area contributed by atoms with Crippen LogP contribution in [-0.4, -0.2) is 10.6 Å². The van der Waals surface area contributed by atoms with Crippen LogP contribution in [-0.2, 0) is 19.5 Å². The van der Waals surface area contributed by atoms with Gasteiger partial charge in [0.1, 0.15) is 0 Å². The van der Waals surface area contributed by atoms with Crippen LogP contribution in [0.2, 0.25) is 0 Å². The fourth-order valence-electron chi connectivity index (χ4n) is 2.33. The summed E-state index contributed by atoms with van der Waals surface area (Å²) in [6.45, 7) is 6.45. The Labute approximate surface area is 116 Å². The standard InChI is InChI=1S/C17H24N2/c1-3-19-13-7-10-17(19)14-18-15(2)11-12-16-8-5-4-6-9-16/h4-10,13,15,18H,3,11-12,14H2,1-2H3. The zero-order valence-electron chi connectivity index (χ0n) is 12.0. The molecule has 19 heavy (non-hydrogen) atoms. The summed E-state index contributed by atoms with van der Waals surface area (Å²) in [5.41, 5.74) is 2.79. The van der Waals surface area contributed by atoms with E-state index in [0.717, 1.165) is 19.5 Å². The number of hydrogen-bond acceptors (Lipinski definition) is 1. The maximum atomic E-state index is 3.61. The topological polar surface area (TPSA) is 17.0 Å². The molecule has 2 heteroatoms. The van der Waals surface area contributed by atoms with Gasteiger partial charge in [-0.2, -0.15) is 0 Å². The maximum absolute atomic E-state index is 3.61. The lowest BCUT2D eigenvalue weighted by molar-refractivity contribution is 0.500. The van der Waals surface area contributed by atoms with Gasteiger partial charge < -0.3 is 9.88 Å². The van der Waals surface area contributed by atoms with E-state index in [2.05, 4.69) is 72.4 Å². The Morgan fingerprint density at radius 3 is 2.63 bits per heavy atom. The van der Waals surface area contributed by atoms with Crippen LogP contribution in [0.1, 0.15) is 31.5 Å². The van der Waals surface area contributed by atoms with Crippen molar-refractivity contribution in [3.63, 3.8) is 0 Å². The molecule has 0 aliphatic rings. The summed E-state index contributed by atoms with van der Waals surface area (Å²) in [6, 6.07) is 15.6. The number of aromatic nitrogens is 1. The molecule has 0 fully saturated rings. The Kier molecular flexibility index (Phi) is 5.22. The summed E-state index contributed by atoms with van der Waals surface area (Å²) in [7, 11) is 0. The van der Waals surface area contributed by atoms with Gasteiger partial charge in [0.05, 0.1) is 0 Å². The van der Waals surface area contributed by atoms with Gasteiger partial charge in [0.15, 0.2) is 0 Å². The van der Waals surface area contributed by atoms with E-state index in [4.69, 9.17) is 0 Å². The van der Waals surface area contributed by atoms with Crippen molar-refractivity contribution in [2.45, 2.75) is 45.8 Å². The minimum absolute atomic E-state index is 0.542. The molecule has 2 nitrogen and oxygen atoms in total. The Bertz CT molecular complexity index is 473. The molecule has 0 radical (unpaired) electrons. The van der Waals surface area contributed by atoms with Gasteiger partial charge in [-0.15, -0.1) is 0 Å². The molecule has 1 unspecified atom stereocenters. The maximum Gasteiger partial charge on any atom is 0.0361 e. The second-order valence-electron chi connectivity index (χ2n) is 5.09. The first-order chi connectivity index (χ1) is 9.29. The van der Waals surface area contributed by atoms with Crippen molar-refractivity contribution in [1.29, 1.82) is 0 Å². The lowest BCUT2D eigenvalue weighted by atomic mass is 10.1. The minimum Gasteiger partial charge on any atom is -0.351 e. The van der Waals surface area contributed by atoms with E-state index in [1.54, 1.807) is 0 Å². The normalized spacial score (nSPS) is 12.5. The number of nitrogens with zero attached hydrogens (tertiary/aromatic N) is 1. The van der Waals surface area contributed by atoms with Crippen molar-refractivity contribution in [1.82, 2.24) is 9.88 Å². The van der Waals surface area contributed by atoms with Crippen molar-refractivity contribution in [3.05, 3.63) is 59.9 Å². The van der Waals surface area contributed by atoms with Crippen molar-refractivity contribution < 1.29 is 0 Å². The Balaban J connectivity index is 1.74.